The molecule has 20 heavy (non-hydrogen) atoms. The Kier molecular flexibility index (Phi) is 4.19. The van der Waals surface area contributed by atoms with E-state index in [1.165, 1.54) is 9.88 Å². The maximum absolute atomic E-state index is 4.70. The van der Waals surface area contributed by atoms with Crippen LogP contribution < -0.4 is 5.32 Å². The molecule has 6 nitrogen and oxygen atoms in total. The molecule has 2 unspecified atom stereocenters. The average molecular weight is 294 g/mol. The van der Waals surface area contributed by atoms with Crippen molar-refractivity contribution in [2.75, 3.05) is 0 Å². The summed E-state index contributed by atoms with van der Waals surface area (Å²) in [6, 6.07) is 0.250. The molecule has 0 fully saturated rings. The Morgan fingerprint density at radius 3 is 2.40 bits per heavy atom. The highest BCUT2D eigenvalue weighted by Crippen LogP contribution is 2.33. The molecule has 2 rings (SSSR count). The summed E-state index contributed by atoms with van der Waals surface area (Å²) in [6.45, 7) is 12.8. The van der Waals surface area contributed by atoms with Crippen molar-refractivity contribution < 1.29 is 0 Å². The number of hydrogen-bond acceptors (Lipinski definition) is 6. The summed E-state index contributed by atoms with van der Waals surface area (Å²) in [7, 11) is 0. The van der Waals surface area contributed by atoms with Gasteiger partial charge in [0.2, 0.25) is 0 Å². The molecule has 0 amide bonds. The number of tetrazole rings is 1. The predicted octanol–water partition coefficient (Wildman–Crippen LogP) is 2.67. The molecule has 2 aromatic heterocycles. The topological polar surface area (TPSA) is 79.4 Å². The Bertz CT molecular complexity index is 554. The first kappa shape index (κ1) is 15.1. The second-order valence-corrected chi connectivity index (χ2v) is 7.13. The normalized spacial score (nSPS) is 15.3. The second-order valence-electron chi connectivity index (χ2n) is 6.10. The van der Waals surface area contributed by atoms with Crippen molar-refractivity contribution in [2.24, 2.45) is 0 Å². The van der Waals surface area contributed by atoms with Crippen LogP contribution in [0.1, 0.15) is 68.1 Å². The van der Waals surface area contributed by atoms with Crippen molar-refractivity contribution in [3.8, 4) is 0 Å². The predicted molar refractivity (Wildman–Crippen MR) is 79.7 cm³/mol. The summed E-state index contributed by atoms with van der Waals surface area (Å²) >= 11 is 1.78. The summed E-state index contributed by atoms with van der Waals surface area (Å²) in [6.07, 6.45) is 0. The molecule has 0 saturated carbocycles. The molecule has 0 radical (unpaired) electrons. The van der Waals surface area contributed by atoms with Gasteiger partial charge < -0.3 is 0 Å². The minimum Gasteiger partial charge on any atom is -0.300 e. The molecule has 2 atom stereocenters. The number of thiazole rings is 1. The van der Waals surface area contributed by atoms with Crippen molar-refractivity contribution in [1.29, 1.82) is 0 Å². The van der Waals surface area contributed by atoms with E-state index in [9.17, 15) is 0 Å². The van der Waals surface area contributed by atoms with Crippen LogP contribution in [0.4, 0.5) is 0 Å². The van der Waals surface area contributed by atoms with Gasteiger partial charge in [-0.25, -0.2) is 4.98 Å². The van der Waals surface area contributed by atoms with E-state index in [0.717, 1.165) is 5.69 Å². The van der Waals surface area contributed by atoms with Crippen LogP contribution in [0.2, 0.25) is 0 Å². The monoisotopic (exact) mass is 294 g/mol. The standard InChI is InChI=1S/C13H22N6S/c1-7(14-9(3)11-16-18-19-17-11)10-8(2)15-12(20-10)13(4,5)6/h7,9,14H,1-6H3,(H,16,17,18,19). The minimum absolute atomic E-state index is 0.0448. The zero-order valence-electron chi connectivity index (χ0n) is 12.9. The van der Waals surface area contributed by atoms with Crippen LogP contribution in [0.3, 0.4) is 0 Å². The fourth-order valence-electron chi connectivity index (χ4n) is 2.01. The Morgan fingerprint density at radius 2 is 1.90 bits per heavy atom. The van der Waals surface area contributed by atoms with Gasteiger partial charge in [0.05, 0.1) is 16.7 Å². The fraction of sp³-hybridized carbons (Fsp3) is 0.692. The first-order valence-corrected chi connectivity index (χ1v) is 7.58. The summed E-state index contributed by atoms with van der Waals surface area (Å²) in [5.41, 5.74) is 1.19. The van der Waals surface area contributed by atoms with Crippen LogP contribution in [0, 0.1) is 6.92 Å². The number of aryl methyl sites for hydroxylation is 1. The van der Waals surface area contributed by atoms with E-state index >= 15 is 0 Å². The molecular weight excluding hydrogens is 272 g/mol. The van der Waals surface area contributed by atoms with Crippen LogP contribution in [-0.4, -0.2) is 25.6 Å². The Labute approximate surface area is 123 Å². The molecule has 0 aliphatic rings. The molecular formula is C13H22N6S. The van der Waals surface area contributed by atoms with Gasteiger partial charge in [0.1, 0.15) is 0 Å². The van der Waals surface area contributed by atoms with Crippen molar-refractivity contribution >= 4 is 11.3 Å². The maximum Gasteiger partial charge on any atom is 0.191 e. The molecule has 0 aromatic carbocycles. The van der Waals surface area contributed by atoms with Gasteiger partial charge in [-0.2, -0.15) is 5.21 Å². The van der Waals surface area contributed by atoms with Crippen LogP contribution >= 0.6 is 11.3 Å². The van der Waals surface area contributed by atoms with Crippen LogP contribution in [0.25, 0.3) is 0 Å². The summed E-state index contributed by atoms with van der Waals surface area (Å²) in [4.78, 5) is 5.97. The molecule has 110 valence electrons. The third-order valence-electron chi connectivity index (χ3n) is 3.12. The second kappa shape index (κ2) is 5.57. The smallest absolute Gasteiger partial charge is 0.191 e. The lowest BCUT2D eigenvalue weighted by Crippen LogP contribution is -2.23. The molecule has 0 aliphatic heterocycles. The van der Waals surface area contributed by atoms with Crippen LogP contribution in [0.15, 0.2) is 0 Å². The van der Waals surface area contributed by atoms with Gasteiger partial charge in [0.15, 0.2) is 5.82 Å². The van der Waals surface area contributed by atoms with E-state index in [1.807, 2.05) is 6.92 Å². The molecule has 2 N–H and O–H groups in total. The number of hydrogen-bond donors (Lipinski definition) is 2. The number of H-pyrrole nitrogens is 1. The van der Waals surface area contributed by atoms with Gasteiger partial charge in [-0.15, -0.1) is 21.5 Å². The van der Waals surface area contributed by atoms with E-state index in [4.69, 9.17) is 4.98 Å². The Hall–Kier alpha value is -1.34. The third-order valence-corrected chi connectivity index (χ3v) is 4.88. The third kappa shape index (κ3) is 3.21. The first-order valence-electron chi connectivity index (χ1n) is 6.76. The first-order chi connectivity index (χ1) is 9.29. The molecule has 0 spiro atoms. The highest BCUT2D eigenvalue weighted by atomic mass is 32.1. The highest BCUT2D eigenvalue weighted by Gasteiger charge is 2.23. The van der Waals surface area contributed by atoms with Gasteiger partial charge in [-0.1, -0.05) is 26.0 Å². The molecule has 0 bridgehead atoms. The number of aromatic nitrogens is 5. The summed E-state index contributed by atoms with van der Waals surface area (Å²) in [5, 5.41) is 18.7. The van der Waals surface area contributed by atoms with Crippen molar-refractivity contribution in [1.82, 2.24) is 30.9 Å². The van der Waals surface area contributed by atoms with Crippen molar-refractivity contribution in [3.05, 3.63) is 21.4 Å². The number of aromatic amines is 1. The summed E-state index contributed by atoms with van der Waals surface area (Å²) in [5.74, 6) is 0.676. The quantitative estimate of drug-likeness (QED) is 0.906. The summed E-state index contributed by atoms with van der Waals surface area (Å²) < 4.78 is 0. The van der Waals surface area contributed by atoms with E-state index in [-0.39, 0.29) is 17.5 Å². The molecule has 2 heterocycles. The van der Waals surface area contributed by atoms with Gasteiger partial charge in [-0.3, -0.25) is 5.32 Å². The Morgan fingerprint density at radius 1 is 1.20 bits per heavy atom. The van der Waals surface area contributed by atoms with Crippen molar-refractivity contribution in [3.63, 3.8) is 0 Å². The molecule has 0 aliphatic carbocycles. The lowest BCUT2D eigenvalue weighted by molar-refractivity contribution is 0.480. The van der Waals surface area contributed by atoms with Gasteiger partial charge in [0, 0.05) is 16.3 Å². The molecule has 7 heteroatoms. The van der Waals surface area contributed by atoms with E-state index < -0.39 is 0 Å². The van der Waals surface area contributed by atoms with E-state index in [1.54, 1.807) is 11.3 Å². The SMILES string of the molecule is Cc1nc(C(C)(C)C)sc1C(C)NC(C)c1nn[nH]n1. The number of nitrogens with one attached hydrogen (secondary N) is 2. The van der Waals surface area contributed by atoms with E-state index in [0.29, 0.717) is 5.82 Å². The zero-order chi connectivity index (χ0) is 14.9. The lowest BCUT2D eigenvalue weighted by atomic mass is 9.98. The van der Waals surface area contributed by atoms with E-state index in [2.05, 4.69) is 60.6 Å². The van der Waals surface area contributed by atoms with Gasteiger partial charge in [0.25, 0.3) is 0 Å². The molecule has 2 aromatic rings. The van der Waals surface area contributed by atoms with Crippen molar-refractivity contribution in [2.45, 2.75) is 59.0 Å². The number of nitrogens with zero attached hydrogens (tertiary/aromatic N) is 4. The number of rotatable bonds is 4. The van der Waals surface area contributed by atoms with Crippen LogP contribution in [-0.2, 0) is 5.41 Å². The minimum atomic E-state index is 0.0448. The fourth-order valence-corrected chi connectivity index (χ4v) is 3.14. The zero-order valence-corrected chi connectivity index (χ0v) is 13.7. The van der Waals surface area contributed by atoms with Gasteiger partial charge in [-0.05, 0) is 20.8 Å². The van der Waals surface area contributed by atoms with Gasteiger partial charge >= 0.3 is 0 Å². The average Bonchev–Trinajstić information content (AvgIpc) is 2.95. The Balaban J connectivity index is 2.13. The highest BCUT2D eigenvalue weighted by molar-refractivity contribution is 7.12. The molecule has 0 saturated heterocycles. The largest absolute Gasteiger partial charge is 0.300 e. The van der Waals surface area contributed by atoms with Crippen LogP contribution in [0.5, 0.6) is 0 Å². The lowest BCUT2D eigenvalue weighted by Gasteiger charge is -2.17. The maximum atomic E-state index is 4.70.